The molecule has 0 aromatic heterocycles. The first-order valence-corrected chi connectivity index (χ1v) is 7.76. The second kappa shape index (κ2) is 6.71. The Hall–Kier alpha value is -1.60. The van der Waals surface area contributed by atoms with E-state index in [1.165, 1.54) is 18.4 Å². The Bertz CT molecular complexity index is 580. The third-order valence-electron chi connectivity index (χ3n) is 2.59. The lowest BCUT2D eigenvalue weighted by atomic mass is 10.2. The minimum atomic E-state index is -3.48. The first-order valence-electron chi connectivity index (χ1n) is 6.32. The molecule has 0 spiro atoms. The summed E-state index contributed by atoms with van der Waals surface area (Å²) in [6.45, 7) is 4.12. The zero-order chi connectivity index (χ0) is 15.3. The van der Waals surface area contributed by atoms with Crippen LogP contribution in [0.15, 0.2) is 34.2 Å². The maximum atomic E-state index is 12.2. The van der Waals surface area contributed by atoms with Crippen molar-refractivity contribution < 1.29 is 8.42 Å². The van der Waals surface area contributed by atoms with E-state index in [1.807, 2.05) is 13.8 Å². The number of nitrogens with two attached hydrogens (primary N) is 1. The summed E-state index contributed by atoms with van der Waals surface area (Å²) in [5.74, 6) is 0.303. The summed E-state index contributed by atoms with van der Waals surface area (Å²) in [6, 6.07) is 6.97. The molecule has 0 saturated heterocycles. The highest BCUT2D eigenvalue weighted by atomic mass is 32.2. The van der Waals surface area contributed by atoms with Gasteiger partial charge in [0.15, 0.2) is 5.96 Å². The molecule has 20 heavy (non-hydrogen) atoms. The zero-order valence-electron chi connectivity index (χ0n) is 12.3. The number of nitrogens with one attached hydrogen (secondary N) is 1. The Labute approximate surface area is 120 Å². The number of sulfonamides is 1. The summed E-state index contributed by atoms with van der Waals surface area (Å²) >= 11 is 0. The molecule has 112 valence electrons. The van der Waals surface area contributed by atoms with Gasteiger partial charge in [0.25, 0.3) is 0 Å². The second-order valence-corrected chi connectivity index (χ2v) is 7.02. The molecule has 0 aliphatic heterocycles. The molecule has 0 atom stereocenters. The number of rotatable bonds is 5. The van der Waals surface area contributed by atoms with Crippen molar-refractivity contribution in [1.82, 2.24) is 9.62 Å². The molecule has 0 bridgehead atoms. The third-order valence-corrected chi connectivity index (χ3v) is 4.50. The largest absolute Gasteiger partial charge is 0.370 e. The van der Waals surface area contributed by atoms with E-state index < -0.39 is 10.0 Å². The summed E-state index contributed by atoms with van der Waals surface area (Å²) in [5.41, 5.74) is 6.34. The van der Waals surface area contributed by atoms with Crippen molar-refractivity contribution >= 4 is 16.0 Å². The average Bonchev–Trinajstić information content (AvgIpc) is 2.35. The van der Waals surface area contributed by atoms with E-state index in [0.29, 0.717) is 11.5 Å². The van der Waals surface area contributed by atoms with Crippen LogP contribution in [0.1, 0.15) is 19.4 Å². The van der Waals surface area contributed by atoms with Crippen LogP contribution in [-0.4, -0.2) is 38.8 Å². The number of guanidine groups is 1. The average molecular weight is 298 g/mol. The Morgan fingerprint density at radius 2 is 1.95 bits per heavy atom. The van der Waals surface area contributed by atoms with Crippen molar-refractivity contribution in [3.63, 3.8) is 0 Å². The van der Waals surface area contributed by atoms with Gasteiger partial charge in [0.1, 0.15) is 0 Å². The van der Waals surface area contributed by atoms with Gasteiger partial charge < -0.3 is 11.1 Å². The molecule has 1 rings (SSSR count). The van der Waals surface area contributed by atoms with Crippen LogP contribution >= 0.6 is 0 Å². The summed E-state index contributed by atoms with van der Waals surface area (Å²) in [6.07, 6.45) is 0. The monoisotopic (exact) mass is 298 g/mol. The van der Waals surface area contributed by atoms with Gasteiger partial charge in [0.05, 0.1) is 11.4 Å². The van der Waals surface area contributed by atoms with Crippen LogP contribution in [0.3, 0.4) is 0 Å². The highest BCUT2D eigenvalue weighted by Gasteiger charge is 2.20. The van der Waals surface area contributed by atoms with Crippen LogP contribution in [-0.2, 0) is 16.6 Å². The van der Waals surface area contributed by atoms with Crippen molar-refractivity contribution in [1.29, 1.82) is 0 Å². The van der Waals surface area contributed by atoms with Crippen molar-refractivity contribution in [3.05, 3.63) is 29.8 Å². The van der Waals surface area contributed by atoms with Crippen LogP contribution in [0.5, 0.6) is 0 Å². The molecule has 0 saturated carbocycles. The maximum absolute atomic E-state index is 12.2. The fraction of sp³-hybridized carbons (Fsp3) is 0.462. The van der Waals surface area contributed by atoms with Gasteiger partial charge in [-0.15, -0.1) is 0 Å². The van der Waals surface area contributed by atoms with Gasteiger partial charge in [0, 0.05) is 20.1 Å². The predicted molar refractivity (Wildman–Crippen MR) is 80.9 cm³/mol. The van der Waals surface area contributed by atoms with E-state index in [4.69, 9.17) is 5.73 Å². The number of hydrogen-bond donors (Lipinski definition) is 2. The Kier molecular flexibility index (Phi) is 5.52. The van der Waals surface area contributed by atoms with Crippen molar-refractivity contribution in [2.75, 3.05) is 14.1 Å². The molecule has 0 heterocycles. The van der Waals surface area contributed by atoms with Gasteiger partial charge in [0.2, 0.25) is 10.0 Å². The standard InChI is InChI=1S/C13H22N4O2S/c1-10(2)16-13(14)15-9-11-7-5-6-8-12(11)20(18,19)17(3)4/h5-8,10H,9H2,1-4H3,(H3,14,15,16). The lowest BCUT2D eigenvalue weighted by molar-refractivity contribution is 0.519. The highest BCUT2D eigenvalue weighted by Crippen LogP contribution is 2.19. The van der Waals surface area contributed by atoms with E-state index >= 15 is 0 Å². The van der Waals surface area contributed by atoms with Gasteiger partial charge in [-0.05, 0) is 25.5 Å². The molecular weight excluding hydrogens is 276 g/mol. The number of hydrogen-bond acceptors (Lipinski definition) is 3. The van der Waals surface area contributed by atoms with Crippen LogP contribution in [0, 0.1) is 0 Å². The van der Waals surface area contributed by atoms with Crippen LogP contribution in [0.25, 0.3) is 0 Å². The Morgan fingerprint density at radius 1 is 1.35 bits per heavy atom. The smallest absolute Gasteiger partial charge is 0.242 e. The first-order chi connectivity index (χ1) is 9.25. The Balaban J connectivity index is 3.04. The van der Waals surface area contributed by atoms with E-state index in [1.54, 1.807) is 24.3 Å². The Morgan fingerprint density at radius 3 is 2.50 bits per heavy atom. The van der Waals surface area contributed by atoms with E-state index in [0.717, 1.165) is 0 Å². The van der Waals surface area contributed by atoms with Gasteiger partial charge in [-0.1, -0.05) is 18.2 Å². The molecule has 1 aromatic carbocycles. The number of nitrogens with zero attached hydrogens (tertiary/aromatic N) is 2. The zero-order valence-corrected chi connectivity index (χ0v) is 13.1. The molecule has 7 heteroatoms. The summed E-state index contributed by atoms with van der Waals surface area (Å²) < 4.78 is 25.6. The van der Waals surface area contributed by atoms with Gasteiger partial charge in [-0.3, -0.25) is 0 Å². The van der Waals surface area contributed by atoms with Gasteiger partial charge >= 0.3 is 0 Å². The fourth-order valence-corrected chi connectivity index (χ4v) is 2.70. The van der Waals surface area contributed by atoms with Crippen LogP contribution in [0.4, 0.5) is 0 Å². The lowest BCUT2D eigenvalue weighted by Gasteiger charge is -2.14. The van der Waals surface area contributed by atoms with E-state index in [-0.39, 0.29) is 17.5 Å². The minimum Gasteiger partial charge on any atom is -0.370 e. The highest BCUT2D eigenvalue weighted by molar-refractivity contribution is 7.89. The molecule has 0 aliphatic carbocycles. The molecule has 0 amide bonds. The topological polar surface area (TPSA) is 87.8 Å². The van der Waals surface area contributed by atoms with Crippen molar-refractivity contribution in [2.45, 2.75) is 31.3 Å². The molecule has 1 aromatic rings. The normalized spacial score (nSPS) is 13.0. The minimum absolute atomic E-state index is 0.180. The van der Waals surface area contributed by atoms with Crippen LogP contribution in [0.2, 0.25) is 0 Å². The molecule has 6 nitrogen and oxygen atoms in total. The SMILES string of the molecule is CC(C)NC(N)=NCc1ccccc1S(=O)(=O)N(C)C. The number of aliphatic imine (C=N–C) groups is 1. The van der Waals surface area contributed by atoms with Crippen LogP contribution < -0.4 is 11.1 Å². The van der Waals surface area contributed by atoms with Crippen molar-refractivity contribution in [2.24, 2.45) is 10.7 Å². The molecule has 0 aliphatic rings. The fourth-order valence-electron chi connectivity index (χ4n) is 1.59. The van der Waals surface area contributed by atoms with Gasteiger partial charge in [-0.25, -0.2) is 17.7 Å². The molecular formula is C13H22N4O2S. The van der Waals surface area contributed by atoms with E-state index in [9.17, 15) is 8.42 Å². The molecule has 0 radical (unpaired) electrons. The van der Waals surface area contributed by atoms with E-state index in [2.05, 4.69) is 10.3 Å². The summed E-state index contributed by atoms with van der Waals surface area (Å²) in [4.78, 5) is 4.42. The first kappa shape index (κ1) is 16.5. The van der Waals surface area contributed by atoms with Crippen molar-refractivity contribution in [3.8, 4) is 0 Å². The third kappa shape index (κ3) is 4.21. The predicted octanol–water partition coefficient (Wildman–Crippen LogP) is 0.750. The molecule has 0 fully saturated rings. The lowest BCUT2D eigenvalue weighted by Crippen LogP contribution is -2.36. The summed E-state index contributed by atoms with van der Waals surface area (Å²) in [7, 11) is -0.468. The maximum Gasteiger partial charge on any atom is 0.242 e. The number of benzene rings is 1. The molecule has 3 N–H and O–H groups in total. The molecule has 0 unspecified atom stereocenters. The second-order valence-electron chi connectivity index (χ2n) is 4.90. The summed E-state index contributed by atoms with van der Waals surface area (Å²) in [5, 5.41) is 2.96. The van der Waals surface area contributed by atoms with Gasteiger partial charge in [-0.2, -0.15) is 0 Å². The quantitative estimate of drug-likeness (QED) is 0.620.